The summed E-state index contributed by atoms with van der Waals surface area (Å²) >= 11 is 0. The Morgan fingerprint density at radius 2 is 1.71 bits per heavy atom. The van der Waals surface area contributed by atoms with Crippen LogP contribution in [-0.2, 0) is 0 Å². The second-order valence-corrected chi connectivity index (χ2v) is 7.35. The molecule has 1 heteroatoms. The fourth-order valence-electron chi connectivity index (χ4n) is 3.86. The van der Waals surface area contributed by atoms with Crippen LogP contribution in [0.4, 0.5) is 0 Å². The molecule has 2 atom stereocenters. The van der Waals surface area contributed by atoms with Crippen molar-refractivity contribution in [1.82, 2.24) is 0 Å². The largest absolute Gasteiger partial charge is 0.294 e. The maximum atomic E-state index is 13.3. The van der Waals surface area contributed by atoms with Crippen molar-refractivity contribution in [3.8, 4) is 0 Å². The minimum Gasteiger partial charge on any atom is -0.294 e. The standard InChI is InChI=1S/C20H24O/c1-14-12-13-20(4,19(14,2)3)18(21)17-11-7-9-15-8-5-6-10-16(15)17/h5-11,14H,12-13H2,1-4H3/t14-,20-/m1/s1. The fraction of sp³-hybridized carbons (Fsp3) is 0.450. The molecule has 1 aliphatic rings. The second kappa shape index (κ2) is 4.69. The molecule has 1 saturated carbocycles. The Labute approximate surface area is 127 Å². The van der Waals surface area contributed by atoms with E-state index in [1.807, 2.05) is 24.3 Å². The van der Waals surface area contributed by atoms with E-state index in [9.17, 15) is 4.79 Å². The summed E-state index contributed by atoms with van der Waals surface area (Å²) in [5.74, 6) is 0.898. The van der Waals surface area contributed by atoms with Gasteiger partial charge in [0.2, 0.25) is 0 Å². The molecule has 0 radical (unpaired) electrons. The summed E-state index contributed by atoms with van der Waals surface area (Å²) in [5, 5.41) is 2.23. The van der Waals surface area contributed by atoms with Crippen molar-refractivity contribution in [2.24, 2.45) is 16.7 Å². The van der Waals surface area contributed by atoms with E-state index < -0.39 is 0 Å². The zero-order valence-corrected chi connectivity index (χ0v) is 13.4. The van der Waals surface area contributed by atoms with Gasteiger partial charge >= 0.3 is 0 Å². The van der Waals surface area contributed by atoms with Gasteiger partial charge in [0.1, 0.15) is 0 Å². The van der Waals surface area contributed by atoms with E-state index in [4.69, 9.17) is 0 Å². The Balaban J connectivity index is 2.14. The quantitative estimate of drug-likeness (QED) is 0.665. The molecule has 0 unspecified atom stereocenters. The van der Waals surface area contributed by atoms with Crippen LogP contribution in [-0.4, -0.2) is 5.78 Å². The molecular weight excluding hydrogens is 256 g/mol. The Kier molecular flexibility index (Phi) is 3.20. The summed E-state index contributed by atoms with van der Waals surface area (Å²) in [4.78, 5) is 13.3. The van der Waals surface area contributed by atoms with E-state index in [0.29, 0.717) is 11.7 Å². The number of benzene rings is 2. The van der Waals surface area contributed by atoms with E-state index >= 15 is 0 Å². The molecule has 0 N–H and O–H groups in total. The highest BCUT2D eigenvalue weighted by atomic mass is 16.1. The second-order valence-electron chi connectivity index (χ2n) is 7.35. The van der Waals surface area contributed by atoms with Crippen LogP contribution in [0.3, 0.4) is 0 Å². The van der Waals surface area contributed by atoms with Gasteiger partial charge in [-0.2, -0.15) is 0 Å². The first kappa shape index (κ1) is 14.3. The van der Waals surface area contributed by atoms with E-state index in [0.717, 1.165) is 29.2 Å². The molecule has 0 aromatic heterocycles. The van der Waals surface area contributed by atoms with Crippen molar-refractivity contribution in [3.63, 3.8) is 0 Å². The molecule has 3 rings (SSSR count). The van der Waals surface area contributed by atoms with E-state index in [-0.39, 0.29) is 10.8 Å². The molecule has 1 aliphatic carbocycles. The summed E-state index contributed by atoms with van der Waals surface area (Å²) in [6.45, 7) is 8.96. The third-order valence-electron chi connectivity index (χ3n) is 6.27. The summed E-state index contributed by atoms with van der Waals surface area (Å²) in [5.41, 5.74) is 0.662. The lowest BCUT2D eigenvalue weighted by atomic mass is 9.62. The van der Waals surface area contributed by atoms with Crippen LogP contribution < -0.4 is 0 Å². The number of hydrogen-bond acceptors (Lipinski definition) is 1. The predicted octanol–water partition coefficient (Wildman–Crippen LogP) is 5.48. The monoisotopic (exact) mass is 280 g/mol. The highest BCUT2D eigenvalue weighted by molar-refractivity contribution is 6.11. The minimum atomic E-state index is -0.267. The van der Waals surface area contributed by atoms with Gasteiger partial charge in [0.25, 0.3) is 0 Å². The number of rotatable bonds is 2. The normalized spacial score (nSPS) is 27.9. The average Bonchev–Trinajstić information content (AvgIpc) is 2.70. The number of carbonyl (C=O) groups excluding carboxylic acids is 1. The number of ketones is 1. The summed E-state index contributed by atoms with van der Waals surface area (Å²) < 4.78 is 0. The van der Waals surface area contributed by atoms with Crippen LogP contribution in [0.25, 0.3) is 10.8 Å². The Morgan fingerprint density at radius 3 is 2.38 bits per heavy atom. The molecule has 0 spiro atoms. The van der Waals surface area contributed by atoms with E-state index in [2.05, 4.69) is 45.9 Å². The van der Waals surface area contributed by atoms with Crippen LogP contribution in [0, 0.1) is 16.7 Å². The lowest BCUT2D eigenvalue weighted by Crippen LogP contribution is -2.40. The van der Waals surface area contributed by atoms with Crippen molar-refractivity contribution in [3.05, 3.63) is 48.0 Å². The number of carbonyl (C=O) groups is 1. The molecule has 0 saturated heterocycles. The molecule has 0 amide bonds. The Bertz CT molecular complexity index is 693. The van der Waals surface area contributed by atoms with E-state index in [1.165, 1.54) is 0 Å². The first-order chi connectivity index (χ1) is 9.88. The molecule has 110 valence electrons. The van der Waals surface area contributed by atoms with Crippen molar-refractivity contribution in [2.45, 2.75) is 40.5 Å². The van der Waals surface area contributed by atoms with Crippen molar-refractivity contribution in [2.75, 3.05) is 0 Å². The van der Waals surface area contributed by atoms with Crippen LogP contribution in [0.5, 0.6) is 0 Å². The molecule has 21 heavy (non-hydrogen) atoms. The van der Waals surface area contributed by atoms with Crippen LogP contribution >= 0.6 is 0 Å². The van der Waals surface area contributed by atoms with E-state index in [1.54, 1.807) is 0 Å². The first-order valence-electron chi connectivity index (χ1n) is 7.90. The number of hydrogen-bond donors (Lipinski definition) is 0. The van der Waals surface area contributed by atoms with Crippen molar-refractivity contribution < 1.29 is 4.79 Å². The SMILES string of the molecule is C[C@@H]1CC[C@](C)(C(=O)c2cccc3ccccc23)C1(C)C. The lowest BCUT2D eigenvalue weighted by Gasteiger charge is -2.40. The van der Waals surface area contributed by atoms with Gasteiger partial charge < -0.3 is 0 Å². The van der Waals surface area contributed by atoms with Gasteiger partial charge in [-0.05, 0) is 34.9 Å². The van der Waals surface area contributed by atoms with Gasteiger partial charge in [-0.15, -0.1) is 0 Å². The zero-order valence-electron chi connectivity index (χ0n) is 13.4. The van der Waals surface area contributed by atoms with Gasteiger partial charge in [0, 0.05) is 11.0 Å². The predicted molar refractivity (Wildman–Crippen MR) is 88.6 cm³/mol. The number of Topliss-reactive ketones (excluding diaryl/α,β-unsaturated/α-hetero) is 1. The maximum Gasteiger partial charge on any atom is 0.169 e. The molecule has 0 heterocycles. The maximum absolute atomic E-state index is 13.3. The molecule has 0 aliphatic heterocycles. The summed E-state index contributed by atoms with van der Waals surface area (Å²) in [7, 11) is 0. The molecule has 0 bridgehead atoms. The Morgan fingerprint density at radius 1 is 1.05 bits per heavy atom. The number of fused-ring (bicyclic) bond motifs is 1. The van der Waals surface area contributed by atoms with Crippen LogP contribution in [0.15, 0.2) is 42.5 Å². The average molecular weight is 280 g/mol. The van der Waals surface area contributed by atoms with Crippen LogP contribution in [0.2, 0.25) is 0 Å². The molecular formula is C20H24O. The highest BCUT2D eigenvalue weighted by Gasteiger charge is 2.54. The topological polar surface area (TPSA) is 17.1 Å². The van der Waals surface area contributed by atoms with Gasteiger partial charge in [-0.25, -0.2) is 0 Å². The first-order valence-corrected chi connectivity index (χ1v) is 7.90. The summed E-state index contributed by atoms with van der Waals surface area (Å²) in [6.07, 6.45) is 2.13. The van der Waals surface area contributed by atoms with Gasteiger partial charge in [-0.1, -0.05) is 70.2 Å². The Hall–Kier alpha value is -1.63. The van der Waals surface area contributed by atoms with Crippen LogP contribution in [0.1, 0.15) is 50.9 Å². The van der Waals surface area contributed by atoms with Gasteiger partial charge in [-0.3, -0.25) is 4.79 Å². The van der Waals surface area contributed by atoms with Gasteiger partial charge in [0.05, 0.1) is 0 Å². The molecule has 1 fully saturated rings. The third-order valence-corrected chi connectivity index (χ3v) is 6.27. The smallest absolute Gasteiger partial charge is 0.169 e. The molecule has 2 aromatic rings. The van der Waals surface area contributed by atoms with Crippen molar-refractivity contribution in [1.29, 1.82) is 0 Å². The third kappa shape index (κ3) is 1.94. The zero-order chi connectivity index (χ0) is 15.3. The molecule has 1 nitrogen and oxygen atoms in total. The van der Waals surface area contributed by atoms with Gasteiger partial charge in [0.15, 0.2) is 5.78 Å². The highest BCUT2D eigenvalue weighted by Crippen LogP contribution is 2.57. The minimum absolute atomic E-state index is 0.0427. The lowest BCUT2D eigenvalue weighted by molar-refractivity contribution is 0.0548. The summed E-state index contributed by atoms with van der Waals surface area (Å²) in [6, 6.07) is 14.3. The fourth-order valence-corrected chi connectivity index (χ4v) is 3.86. The molecule has 2 aromatic carbocycles. The van der Waals surface area contributed by atoms with Crippen molar-refractivity contribution >= 4 is 16.6 Å².